The van der Waals surface area contributed by atoms with Crippen LogP contribution in [0.4, 0.5) is 4.39 Å². The average Bonchev–Trinajstić information content (AvgIpc) is 2.87. The third-order valence-electron chi connectivity index (χ3n) is 3.03. The molecule has 0 spiro atoms. The SMILES string of the molecule is CC(C)CCNC(=O)Cc1csc(-c2ccc(F)cc2)n1. The van der Waals surface area contributed by atoms with E-state index >= 15 is 0 Å². The Balaban J connectivity index is 1.91. The van der Waals surface area contributed by atoms with Crippen molar-refractivity contribution in [2.24, 2.45) is 5.92 Å². The van der Waals surface area contributed by atoms with Crippen molar-refractivity contribution >= 4 is 17.2 Å². The molecule has 112 valence electrons. The van der Waals surface area contributed by atoms with Crippen LogP contribution in [-0.2, 0) is 11.2 Å². The summed E-state index contributed by atoms with van der Waals surface area (Å²) in [4.78, 5) is 16.2. The number of thiazole rings is 1. The quantitative estimate of drug-likeness (QED) is 0.885. The minimum Gasteiger partial charge on any atom is -0.356 e. The zero-order chi connectivity index (χ0) is 15.2. The molecule has 0 saturated carbocycles. The second-order valence-corrected chi connectivity index (χ2v) is 6.22. The van der Waals surface area contributed by atoms with Crippen molar-refractivity contribution in [3.63, 3.8) is 0 Å². The molecule has 3 nitrogen and oxygen atoms in total. The number of hydrogen-bond donors (Lipinski definition) is 1. The van der Waals surface area contributed by atoms with Crippen LogP contribution in [0, 0.1) is 11.7 Å². The molecule has 0 radical (unpaired) electrons. The van der Waals surface area contributed by atoms with Gasteiger partial charge in [0, 0.05) is 17.5 Å². The van der Waals surface area contributed by atoms with Crippen LogP contribution >= 0.6 is 11.3 Å². The summed E-state index contributed by atoms with van der Waals surface area (Å²) >= 11 is 1.47. The number of rotatable bonds is 6. The van der Waals surface area contributed by atoms with Gasteiger partial charge in [0.15, 0.2) is 0 Å². The van der Waals surface area contributed by atoms with Gasteiger partial charge in [-0.1, -0.05) is 13.8 Å². The zero-order valence-electron chi connectivity index (χ0n) is 12.2. The summed E-state index contributed by atoms with van der Waals surface area (Å²) < 4.78 is 12.9. The number of hydrogen-bond acceptors (Lipinski definition) is 3. The molecule has 0 fully saturated rings. The average molecular weight is 306 g/mol. The number of carbonyl (C=O) groups is 1. The highest BCUT2D eigenvalue weighted by Crippen LogP contribution is 2.24. The first-order valence-electron chi connectivity index (χ1n) is 7.01. The molecular weight excluding hydrogens is 287 g/mol. The van der Waals surface area contributed by atoms with Gasteiger partial charge in [-0.15, -0.1) is 11.3 Å². The predicted molar refractivity (Wildman–Crippen MR) is 83.7 cm³/mol. The normalized spacial score (nSPS) is 10.9. The van der Waals surface area contributed by atoms with Crippen molar-refractivity contribution in [1.29, 1.82) is 0 Å². The Kier molecular flexibility index (Phi) is 5.44. The fourth-order valence-corrected chi connectivity index (χ4v) is 2.67. The molecule has 1 heterocycles. The van der Waals surface area contributed by atoms with Gasteiger partial charge in [-0.3, -0.25) is 4.79 Å². The van der Waals surface area contributed by atoms with Gasteiger partial charge in [0.1, 0.15) is 10.8 Å². The summed E-state index contributed by atoms with van der Waals surface area (Å²) in [7, 11) is 0. The molecule has 5 heteroatoms. The van der Waals surface area contributed by atoms with E-state index in [-0.39, 0.29) is 18.1 Å². The molecule has 0 aliphatic heterocycles. The molecule has 2 aromatic rings. The lowest BCUT2D eigenvalue weighted by molar-refractivity contribution is -0.120. The Morgan fingerprint density at radius 3 is 2.71 bits per heavy atom. The fraction of sp³-hybridized carbons (Fsp3) is 0.375. The van der Waals surface area contributed by atoms with Crippen LogP contribution in [0.15, 0.2) is 29.6 Å². The van der Waals surface area contributed by atoms with Gasteiger partial charge >= 0.3 is 0 Å². The third kappa shape index (κ3) is 4.93. The fourth-order valence-electron chi connectivity index (χ4n) is 1.84. The summed E-state index contributed by atoms with van der Waals surface area (Å²) in [5.74, 6) is 0.307. The summed E-state index contributed by atoms with van der Waals surface area (Å²) in [6, 6.07) is 6.21. The standard InChI is InChI=1S/C16H19FN2OS/c1-11(2)7-8-18-15(20)9-14-10-21-16(19-14)12-3-5-13(17)6-4-12/h3-6,10-11H,7-9H2,1-2H3,(H,18,20). The maximum Gasteiger partial charge on any atom is 0.226 e. The molecule has 0 unspecified atom stereocenters. The van der Waals surface area contributed by atoms with Crippen molar-refractivity contribution in [3.05, 3.63) is 41.2 Å². The highest BCUT2D eigenvalue weighted by Gasteiger charge is 2.09. The molecule has 1 aromatic heterocycles. The van der Waals surface area contributed by atoms with Gasteiger partial charge in [-0.05, 0) is 36.6 Å². The first kappa shape index (κ1) is 15.6. The highest BCUT2D eigenvalue weighted by atomic mass is 32.1. The lowest BCUT2D eigenvalue weighted by atomic mass is 10.1. The monoisotopic (exact) mass is 306 g/mol. The number of nitrogens with zero attached hydrogens (tertiary/aromatic N) is 1. The Labute approximate surface area is 128 Å². The van der Waals surface area contributed by atoms with Crippen molar-refractivity contribution in [2.45, 2.75) is 26.7 Å². The van der Waals surface area contributed by atoms with Crippen LogP contribution in [0.1, 0.15) is 26.0 Å². The Morgan fingerprint density at radius 2 is 2.05 bits per heavy atom. The van der Waals surface area contributed by atoms with E-state index in [1.54, 1.807) is 12.1 Å². The molecule has 1 amide bonds. The highest BCUT2D eigenvalue weighted by molar-refractivity contribution is 7.13. The van der Waals surface area contributed by atoms with E-state index < -0.39 is 0 Å². The van der Waals surface area contributed by atoms with E-state index in [0.717, 1.165) is 22.7 Å². The first-order chi connectivity index (χ1) is 10.0. The second kappa shape index (κ2) is 7.31. The van der Waals surface area contributed by atoms with E-state index in [2.05, 4.69) is 24.1 Å². The molecule has 2 rings (SSSR count). The van der Waals surface area contributed by atoms with Crippen LogP contribution in [0.2, 0.25) is 0 Å². The van der Waals surface area contributed by atoms with E-state index in [4.69, 9.17) is 0 Å². The number of benzene rings is 1. The number of nitrogens with one attached hydrogen (secondary N) is 1. The molecular formula is C16H19FN2OS. The minimum absolute atomic E-state index is 0.00777. The Hall–Kier alpha value is -1.75. The first-order valence-corrected chi connectivity index (χ1v) is 7.89. The van der Waals surface area contributed by atoms with E-state index in [1.807, 2.05) is 5.38 Å². The number of carbonyl (C=O) groups excluding carboxylic acids is 1. The summed E-state index contributed by atoms with van der Waals surface area (Å²) in [5.41, 5.74) is 1.62. The Bertz CT molecular complexity index is 593. The van der Waals surface area contributed by atoms with E-state index in [9.17, 15) is 9.18 Å². The molecule has 0 aliphatic rings. The van der Waals surface area contributed by atoms with Crippen LogP contribution in [-0.4, -0.2) is 17.4 Å². The minimum atomic E-state index is -0.264. The lowest BCUT2D eigenvalue weighted by Crippen LogP contribution is -2.26. The van der Waals surface area contributed by atoms with Crippen molar-refractivity contribution in [1.82, 2.24) is 10.3 Å². The smallest absolute Gasteiger partial charge is 0.226 e. The van der Waals surface area contributed by atoms with E-state index in [1.165, 1.54) is 23.5 Å². The number of amides is 1. The van der Waals surface area contributed by atoms with Gasteiger partial charge in [0.05, 0.1) is 12.1 Å². The zero-order valence-corrected chi connectivity index (χ0v) is 13.0. The topological polar surface area (TPSA) is 42.0 Å². The predicted octanol–water partition coefficient (Wildman–Crippen LogP) is 3.65. The van der Waals surface area contributed by atoms with Gasteiger partial charge in [-0.2, -0.15) is 0 Å². The summed E-state index contributed by atoms with van der Waals surface area (Å²) in [6.45, 7) is 4.95. The molecule has 1 N–H and O–H groups in total. The van der Waals surface area contributed by atoms with Crippen LogP contribution in [0.3, 0.4) is 0 Å². The maximum absolute atomic E-state index is 12.9. The lowest BCUT2D eigenvalue weighted by Gasteiger charge is -2.05. The number of aromatic nitrogens is 1. The third-order valence-corrected chi connectivity index (χ3v) is 3.97. The molecule has 0 aliphatic carbocycles. The molecule has 1 aromatic carbocycles. The summed E-state index contributed by atoms with van der Waals surface area (Å²) in [6.07, 6.45) is 1.26. The van der Waals surface area contributed by atoms with Gasteiger partial charge in [-0.25, -0.2) is 9.37 Å². The van der Waals surface area contributed by atoms with Crippen molar-refractivity contribution < 1.29 is 9.18 Å². The molecule has 0 bridgehead atoms. The van der Waals surface area contributed by atoms with Gasteiger partial charge in [0.25, 0.3) is 0 Å². The van der Waals surface area contributed by atoms with Crippen molar-refractivity contribution in [3.8, 4) is 10.6 Å². The largest absolute Gasteiger partial charge is 0.356 e. The van der Waals surface area contributed by atoms with Gasteiger partial charge < -0.3 is 5.32 Å². The molecule has 0 saturated heterocycles. The molecule has 21 heavy (non-hydrogen) atoms. The van der Waals surface area contributed by atoms with Crippen LogP contribution in [0.5, 0.6) is 0 Å². The van der Waals surface area contributed by atoms with Crippen LogP contribution < -0.4 is 5.32 Å². The summed E-state index contributed by atoms with van der Waals surface area (Å²) in [5, 5.41) is 5.58. The number of halogens is 1. The van der Waals surface area contributed by atoms with E-state index in [0.29, 0.717) is 12.5 Å². The molecule has 0 atom stereocenters. The van der Waals surface area contributed by atoms with Gasteiger partial charge in [0.2, 0.25) is 5.91 Å². The Morgan fingerprint density at radius 1 is 1.33 bits per heavy atom. The maximum atomic E-state index is 12.9. The second-order valence-electron chi connectivity index (χ2n) is 5.36. The van der Waals surface area contributed by atoms with Crippen molar-refractivity contribution in [2.75, 3.05) is 6.54 Å². The van der Waals surface area contributed by atoms with Crippen LogP contribution in [0.25, 0.3) is 10.6 Å².